The number of anilines is 2. The molecular weight excluding hydrogens is 396 g/mol. The first-order chi connectivity index (χ1) is 15.0. The average molecular weight is 418 g/mol. The number of hydrogen-bond donors (Lipinski definition) is 3. The number of carboxylic acid groups (broad SMARTS) is 1. The van der Waals surface area contributed by atoms with Gasteiger partial charge in [0.15, 0.2) is 0 Å². The van der Waals surface area contributed by atoms with Crippen molar-refractivity contribution in [1.82, 2.24) is 9.78 Å². The minimum absolute atomic E-state index is 0.0334. The van der Waals surface area contributed by atoms with E-state index in [1.807, 2.05) is 56.3 Å². The van der Waals surface area contributed by atoms with Gasteiger partial charge in [0, 0.05) is 11.3 Å². The van der Waals surface area contributed by atoms with Gasteiger partial charge in [-0.1, -0.05) is 30.3 Å². The minimum Gasteiger partial charge on any atom is -0.494 e. The molecule has 0 spiro atoms. The van der Waals surface area contributed by atoms with Crippen LogP contribution in [0, 0.1) is 6.92 Å². The van der Waals surface area contributed by atoms with Crippen molar-refractivity contribution in [2.75, 3.05) is 17.2 Å². The summed E-state index contributed by atoms with van der Waals surface area (Å²) in [7, 11) is 0. The molecule has 1 amide bonds. The number of fused-ring (bicyclic) bond motifs is 1. The van der Waals surface area contributed by atoms with Gasteiger partial charge in [0.2, 0.25) is 0 Å². The van der Waals surface area contributed by atoms with Gasteiger partial charge in [-0.3, -0.25) is 4.79 Å². The van der Waals surface area contributed by atoms with Crippen LogP contribution in [-0.4, -0.2) is 33.4 Å². The largest absolute Gasteiger partial charge is 0.494 e. The van der Waals surface area contributed by atoms with E-state index in [1.165, 1.54) is 6.20 Å². The molecule has 1 aliphatic rings. The molecule has 2 heterocycles. The number of aryl methyl sites for hydroxylation is 1. The van der Waals surface area contributed by atoms with Crippen molar-refractivity contribution >= 4 is 23.4 Å². The number of para-hydroxylation sites is 1. The topological polar surface area (TPSA) is 105 Å². The number of carbonyl (C=O) groups excluding carboxylic acids is 1. The first-order valence-corrected chi connectivity index (χ1v) is 9.87. The summed E-state index contributed by atoms with van der Waals surface area (Å²) in [6.07, 6.45) is 2.99. The Morgan fingerprint density at radius 2 is 2.03 bits per heavy atom. The van der Waals surface area contributed by atoms with Gasteiger partial charge >= 0.3 is 5.97 Å². The molecule has 2 aromatic carbocycles. The van der Waals surface area contributed by atoms with E-state index in [2.05, 4.69) is 15.7 Å². The number of hydrogen-bond acceptors (Lipinski definition) is 5. The van der Waals surface area contributed by atoms with Crippen molar-refractivity contribution in [2.24, 2.45) is 0 Å². The Kier molecular flexibility index (Phi) is 5.44. The van der Waals surface area contributed by atoms with Crippen LogP contribution in [0.3, 0.4) is 0 Å². The van der Waals surface area contributed by atoms with E-state index in [0.29, 0.717) is 23.9 Å². The van der Waals surface area contributed by atoms with Crippen molar-refractivity contribution in [3.8, 4) is 5.75 Å². The second-order valence-corrected chi connectivity index (χ2v) is 7.10. The van der Waals surface area contributed by atoms with E-state index in [4.69, 9.17) is 4.74 Å². The summed E-state index contributed by atoms with van der Waals surface area (Å²) in [5.41, 5.74) is 2.62. The highest BCUT2D eigenvalue weighted by atomic mass is 16.5. The van der Waals surface area contributed by atoms with Gasteiger partial charge in [0.05, 0.1) is 12.8 Å². The number of rotatable bonds is 6. The monoisotopic (exact) mass is 418 g/mol. The molecule has 0 saturated heterocycles. The standard InChI is InChI=1S/C23H22N4O4/c1-3-31-20-10-5-4-9-16(20)19-12-18(23(29)30)26-21-17(13-24-27(19)21)22(28)25-15-8-6-7-14(2)11-15/h4-13,19,26H,3H2,1-2H3,(H,25,28)(H,29,30)/t19-/m0/s1. The van der Waals surface area contributed by atoms with Gasteiger partial charge in [-0.05, 0) is 43.7 Å². The molecule has 3 N–H and O–H groups in total. The lowest BCUT2D eigenvalue weighted by Crippen LogP contribution is -2.26. The van der Waals surface area contributed by atoms with Crippen molar-refractivity contribution in [3.63, 3.8) is 0 Å². The highest BCUT2D eigenvalue weighted by Gasteiger charge is 2.30. The van der Waals surface area contributed by atoms with E-state index >= 15 is 0 Å². The summed E-state index contributed by atoms with van der Waals surface area (Å²) < 4.78 is 7.32. The van der Waals surface area contributed by atoms with Crippen LogP contribution in [0.15, 0.2) is 66.5 Å². The number of ether oxygens (including phenoxy) is 1. The number of aliphatic carboxylic acids is 1. The molecule has 4 rings (SSSR count). The summed E-state index contributed by atoms with van der Waals surface area (Å²) in [6.45, 7) is 4.28. The van der Waals surface area contributed by atoms with Crippen LogP contribution in [-0.2, 0) is 4.79 Å². The van der Waals surface area contributed by atoms with Crippen molar-refractivity contribution < 1.29 is 19.4 Å². The van der Waals surface area contributed by atoms with E-state index < -0.39 is 12.0 Å². The first-order valence-electron chi connectivity index (χ1n) is 9.87. The lowest BCUT2D eigenvalue weighted by Gasteiger charge is -2.25. The smallest absolute Gasteiger partial charge is 0.352 e. The third-order valence-electron chi connectivity index (χ3n) is 4.93. The molecule has 31 heavy (non-hydrogen) atoms. The molecule has 1 atom stereocenters. The zero-order valence-electron chi connectivity index (χ0n) is 17.1. The second kappa shape index (κ2) is 8.35. The predicted octanol–water partition coefficient (Wildman–Crippen LogP) is 3.83. The summed E-state index contributed by atoms with van der Waals surface area (Å²) >= 11 is 0. The van der Waals surface area contributed by atoms with Crippen LogP contribution in [0.25, 0.3) is 0 Å². The van der Waals surface area contributed by atoms with E-state index in [9.17, 15) is 14.7 Å². The summed E-state index contributed by atoms with van der Waals surface area (Å²) in [5, 5.41) is 19.7. The maximum absolute atomic E-state index is 13.0. The van der Waals surface area contributed by atoms with Crippen LogP contribution in [0.2, 0.25) is 0 Å². The van der Waals surface area contributed by atoms with Gasteiger partial charge in [-0.15, -0.1) is 0 Å². The highest BCUT2D eigenvalue weighted by molar-refractivity contribution is 6.08. The number of nitrogens with one attached hydrogen (secondary N) is 2. The van der Waals surface area contributed by atoms with Gasteiger partial charge in [0.25, 0.3) is 5.91 Å². The number of allylic oxidation sites excluding steroid dienone is 1. The zero-order chi connectivity index (χ0) is 22.0. The molecule has 0 unspecified atom stereocenters. The minimum atomic E-state index is -1.13. The van der Waals surface area contributed by atoms with Crippen LogP contribution in [0.1, 0.15) is 34.5 Å². The maximum atomic E-state index is 13.0. The Labute approximate surface area is 179 Å². The second-order valence-electron chi connectivity index (χ2n) is 7.10. The number of nitrogens with zero attached hydrogens (tertiary/aromatic N) is 2. The third kappa shape index (κ3) is 4.00. The van der Waals surface area contributed by atoms with E-state index in [-0.39, 0.29) is 17.2 Å². The number of carboxylic acids is 1. The summed E-state index contributed by atoms with van der Waals surface area (Å²) in [5.74, 6) is -0.578. The molecule has 8 nitrogen and oxygen atoms in total. The highest BCUT2D eigenvalue weighted by Crippen LogP contribution is 2.36. The Balaban J connectivity index is 1.75. The third-order valence-corrected chi connectivity index (χ3v) is 4.93. The Morgan fingerprint density at radius 1 is 1.23 bits per heavy atom. The maximum Gasteiger partial charge on any atom is 0.352 e. The quantitative estimate of drug-likeness (QED) is 0.562. The van der Waals surface area contributed by atoms with Crippen LogP contribution < -0.4 is 15.4 Å². The lowest BCUT2D eigenvalue weighted by molar-refractivity contribution is -0.132. The van der Waals surface area contributed by atoms with E-state index in [0.717, 1.165) is 11.1 Å². The average Bonchev–Trinajstić information content (AvgIpc) is 3.18. The van der Waals surface area contributed by atoms with Crippen molar-refractivity contribution in [3.05, 3.63) is 83.2 Å². The first kappa shape index (κ1) is 20.2. The predicted molar refractivity (Wildman–Crippen MR) is 116 cm³/mol. The fourth-order valence-electron chi connectivity index (χ4n) is 3.54. The summed E-state index contributed by atoms with van der Waals surface area (Å²) in [4.78, 5) is 24.7. The number of amides is 1. The number of aromatic nitrogens is 2. The molecule has 0 radical (unpaired) electrons. The van der Waals surface area contributed by atoms with E-state index in [1.54, 1.807) is 16.8 Å². The molecule has 0 aliphatic carbocycles. The molecule has 8 heteroatoms. The molecule has 1 aromatic heterocycles. The Hall–Kier alpha value is -4.07. The lowest BCUT2D eigenvalue weighted by atomic mass is 10.0. The van der Waals surface area contributed by atoms with Gasteiger partial charge in [0.1, 0.15) is 28.9 Å². The van der Waals surface area contributed by atoms with Crippen LogP contribution in [0.5, 0.6) is 5.75 Å². The molecular formula is C23H22N4O4. The molecule has 1 aliphatic heterocycles. The van der Waals surface area contributed by atoms with Crippen molar-refractivity contribution in [2.45, 2.75) is 19.9 Å². The molecule has 3 aromatic rings. The van der Waals surface area contributed by atoms with Gasteiger partial charge in [-0.2, -0.15) is 5.10 Å². The summed E-state index contributed by atoms with van der Waals surface area (Å²) in [6, 6.07) is 14.3. The Bertz CT molecular complexity index is 1180. The normalized spacial score (nSPS) is 14.8. The van der Waals surface area contributed by atoms with Crippen molar-refractivity contribution in [1.29, 1.82) is 0 Å². The van der Waals surface area contributed by atoms with Crippen LogP contribution in [0.4, 0.5) is 11.5 Å². The fraction of sp³-hybridized carbons (Fsp3) is 0.174. The van der Waals surface area contributed by atoms with Crippen LogP contribution >= 0.6 is 0 Å². The zero-order valence-corrected chi connectivity index (χ0v) is 17.1. The molecule has 0 fully saturated rings. The number of benzene rings is 2. The molecule has 0 bridgehead atoms. The van der Waals surface area contributed by atoms with Gasteiger partial charge < -0.3 is 20.5 Å². The SMILES string of the molecule is CCOc1ccccc1[C@@H]1C=C(C(=O)O)Nc2c(C(=O)Nc3cccc(C)c3)cnn21. The molecule has 158 valence electrons. The fourth-order valence-corrected chi connectivity index (χ4v) is 3.54. The van der Waals surface area contributed by atoms with Gasteiger partial charge in [-0.25, -0.2) is 9.48 Å². The Morgan fingerprint density at radius 3 is 2.77 bits per heavy atom. The molecule has 0 saturated carbocycles. The number of carbonyl (C=O) groups is 2.